The number of nitrogens with zero attached hydrogens (tertiary/aromatic N) is 5. The summed E-state index contributed by atoms with van der Waals surface area (Å²) in [7, 11) is 0. The number of halogens is 2. The average molecular weight is 542 g/mol. The number of nitrogens with two attached hydrogens (primary N) is 1. The van der Waals surface area contributed by atoms with E-state index in [1.165, 1.54) is 12.0 Å². The van der Waals surface area contributed by atoms with Gasteiger partial charge in [-0.15, -0.1) is 0 Å². The number of primary amides is 1. The number of allylic oxidation sites excluding steroid dienone is 1. The zero-order chi connectivity index (χ0) is 26.3. The van der Waals surface area contributed by atoms with E-state index in [0.717, 1.165) is 60.3 Å². The lowest BCUT2D eigenvalue weighted by molar-refractivity contribution is -0.118. The van der Waals surface area contributed by atoms with Crippen molar-refractivity contribution >= 4 is 45.8 Å². The van der Waals surface area contributed by atoms with Crippen molar-refractivity contribution in [3.05, 3.63) is 57.5 Å². The van der Waals surface area contributed by atoms with Gasteiger partial charge in [-0.25, -0.2) is 14.6 Å². The van der Waals surface area contributed by atoms with Crippen LogP contribution in [0.3, 0.4) is 0 Å². The van der Waals surface area contributed by atoms with Crippen LogP contribution in [0.5, 0.6) is 0 Å². The molecule has 2 aromatic heterocycles. The quantitative estimate of drug-likeness (QED) is 0.399. The van der Waals surface area contributed by atoms with E-state index >= 15 is 0 Å². The Labute approximate surface area is 228 Å². The summed E-state index contributed by atoms with van der Waals surface area (Å²) in [5.74, 6) is 0.270. The van der Waals surface area contributed by atoms with Gasteiger partial charge in [-0.2, -0.15) is 5.10 Å². The molecule has 5 rings (SSSR count). The van der Waals surface area contributed by atoms with Crippen LogP contribution >= 0.6 is 23.2 Å². The van der Waals surface area contributed by atoms with E-state index in [-0.39, 0.29) is 11.9 Å². The third kappa shape index (κ3) is 5.27. The van der Waals surface area contributed by atoms with Gasteiger partial charge in [0.05, 0.1) is 23.6 Å². The molecule has 1 amide bonds. The van der Waals surface area contributed by atoms with Crippen molar-refractivity contribution in [2.45, 2.75) is 77.4 Å². The van der Waals surface area contributed by atoms with Crippen LogP contribution in [0.25, 0.3) is 16.7 Å². The molecular weight excluding hydrogens is 507 g/mol. The number of carbonyl (C=O) groups excluding carboxylic acids is 1. The molecule has 2 aliphatic rings. The van der Waals surface area contributed by atoms with Crippen LogP contribution in [0.1, 0.15) is 75.4 Å². The maximum absolute atomic E-state index is 11.3. The third-order valence-electron chi connectivity index (χ3n) is 8.06. The lowest BCUT2D eigenvalue weighted by atomic mass is 9.83. The highest BCUT2D eigenvalue weighted by Crippen LogP contribution is 2.37. The van der Waals surface area contributed by atoms with Gasteiger partial charge in [0.1, 0.15) is 5.52 Å². The molecule has 37 heavy (non-hydrogen) atoms. The number of aryl methyl sites for hydroxylation is 1. The fourth-order valence-electron chi connectivity index (χ4n) is 6.09. The van der Waals surface area contributed by atoms with Crippen LogP contribution in [0.15, 0.2) is 30.5 Å². The molecule has 1 aromatic carbocycles. The van der Waals surface area contributed by atoms with E-state index in [2.05, 4.69) is 24.8 Å². The summed E-state index contributed by atoms with van der Waals surface area (Å²) < 4.78 is 1.92. The highest BCUT2D eigenvalue weighted by molar-refractivity contribution is 6.35. The number of carbonyl (C=O) groups is 1. The zero-order valence-electron chi connectivity index (χ0n) is 21.6. The predicted molar refractivity (Wildman–Crippen MR) is 149 cm³/mol. The van der Waals surface area contributed by atoms with Gasteiger partial charge in [0.25, 0.3) is 0 Å². The van der Waals surface area contributed by atoms with Gasteiger partial charge in [0.15, 0.2) is 5.65 Å². The second-order valence-corrected chi connectivity index (χ2v) is 11.4. The van der Waals surface area contributed by atoms with E-state index in [9.17, 15) is 4.79 Å². The first-order valence-corrected chi connectivity index (χ1v) is 13.9. The van der Waals surface area contributed by atoms with Gasteiger partial charge in [-0.05, 0) is 81.7 Å². The van der Waals surface area contributed by atoms with E-state index in [0.29, 0.717) is 34.5 Å². The van der Waals surface area contributed by atoms with E-state index in [1.54, 1.807) is 6.07 Å². The van der Waals surface area contributed by atoms with Gasteiger partial charge in [0, 0.05) is 28.5 Å². The third-order valence-corrected chi connectivity index (χ3v) is 8.62. The summed E-state index contributed by atoms with van der Waals surface area (Å²) in [6.07, 6.45) is 9.78. The van der Waals surface area contributed by atoms with Crippen molar-refractivity contribution in [3.8, 4) is 0 Å². The fourth-order valence-corrected chi connectivity index (χ4v) is 6.66. The van der Waals surface area contributed by atoms with E-state index in [1.807, 2.05) is 29.9 Å². The van der Waals surface area contributed by atoms with Crippen molar-refractivity contribution in [3.63, 3.8) is 0 Å². The van der Waals surface area contributed by atoms with Gasteiger partial charge in [-0.3, -0.25) is 9.69 Å². The molecule has 0 saturated carbocycles. The molecule has 4 atom stereocenters. The van der Waals surface area contributed by atoms with Crippen molar-refractivity contribution in [1.29, 1.82) is 0 Å². The summed E-state index contributed by atoms with van der Waals surface area (Å²) in [6.45, 7) is 7.44. The monoisotopic (exact) mass is 540 g/mol. The van der Waals surface area contributed by atoms with Crippen LogP contribution in [0.2, 0.25) is 10.0 Å². The summed E-state index contributed by atoms with van der Waals surface area (Å²) in [6, 6.07) is 6.34. The van der Waals surface area contributed by atoms with Crippen LogP contribution < -0.4 is 5.73 Å². The van der Waals surface area contributed by atoms with Crippen molar-refractivity contribution < 1.29 is 4.79 Å². The molecule has 7 nitrogen and oxygen atoms in total. The molecule has 1 aliphatic heterocycles. The summed E-state index contributed by atoms with van der Waals surface area (Å²) in [4.78, 5) is 23.8. The minimum Gasteiger partial charge on any atom is -0.370 e. The molecule has 2 N–H and O–H groups in total. The van der Waals surface area contributed by atoms with Gasteiger partial charge >= 0.3 is 0 Å². The lowest BCUT2D eigenvalue weighted by Crippen LogP contribution is -2.44. The SMILES string of the molecule is Cc1nn([C@H](C)c2ccc(Cl)cc2Cl)c2nc(C3=CC[C@H](N4CCCC4CCC(N)=O)[C@H](C)C3)cnc12. The summed E-state index contributed by atoms with van der Waals surface area (Å²) >= 11 is 12.6. The van der Waals surface area contributed by atoms with Crippen molar-refractivity contribution in [2.75, 3.05) is 6.54 Å². The Kier molecular flexibility index (Phi) is 7.57. The number of fused-ring (bicyclic) bond motifs is 1. The maximum atomic E-state index is 11.3. The number of hydrogen-bond donors (Lipinski definition) is 1. The van der Waals surface area contributed by atoms with Gasteiger partial charge in [-0.1, -0.05) is 42.3 Å². The Bertz CT molecular complexity index is 1350. The van der Waals surface area contributed by atoms with Crippen molar-refractivity contribution in [1.82, 2.24) is 24.6 Å². The van der Waals surface area contributed by atoms with Gasteiger partial charge < -0.3 is 5.73 Å². The second kappa shape index (κ2) is 10.7. The number of likely N-dealkylation sites (tertiary alicyclic amines) is 1. The Hall–Kier alpha value is -2.48. The van der Waals surface area contributed by atoms with E-state index in [4.69, 9.17) is 44.0 Å². The topological polar surface area (TPSA) is 89.9 Å². The minimum absolute atomic E-state index is 0.123. The molecule has 1 fully saturated rings. The molecule has 3 heterocycles. The van der Waals surface area contributed by atoms with Crippen LogP contribution in [-0.4, -0.2) is 49.2 Å². The molecule has 9 heteroatoms. The highest BCUT2D eigenvalue weighted by atomic mass is 35.5. The molecular formula is C28H34Cl2N6O. The Balaban J connectivity index is 1.41. The Morgan fingerprint density at radius 2 is 2.11 bits per heavy atom. The summed E-state index contributed by atoms with van der Waals surface area (Å²) in [5, 5.41) is 5.99. The maximum Gasteiger partial charge on any atom is 0.217 e. The normalized spacial score (nSPS) is 23.4. The standard InChI is InChI=1S/C28H34Cl2N6O/c1-16-13-19(6-10-25(16)35-12-4-5-21(35)8-11-26(31)37)24-15-32-27-17(2)34-36(28(27)33-24)18(3)22-9-7-20(29)14-23(22)30/h6-7,9,14-16,18,21,25H,4-5,8,10-13H2,1-3H3,(H2,31,37)/t16-,18-,21?,25+/m1/s1. The molecule has 3 aromatic rings. The number of benzene rings is 1. The predicted octanol–water partition coefficient (Wildman–Crippen LogP) is 5.96. The highest BCUT2D eigenvalue weighted by Gasteiger charge is 2.35. The molecule has 0 bridgehead atoms. The second-order valence-electron chi connectivity index (χ2n) is 10.6. The number of amides is 1. The molecule has 0 spiro atoms. The minimum atomic E-state index is -0.207. The zero-order valence-corrected chi connectivity index (χ0v) is 23.1. The molecule has 1 aliphatic carbocycles. The first-order valence-electron chi connectivity index (χ1n) is 13.1. The first kappa shape index (κ1) is 26.1. The van der Waals surface area contributed by atoms with Gasteiger partial charge in [0.2, 0.25) is 5.91 Å². The lowest BCUT2D eigenvalue weighted by Gasteiger charge is -2.39. The summed E-state index contributed by atoms with van der Waals surface area (Å²) in [5.41, 5.74) is 10.9. The molecule has 1 unspecified atom stereocenters. The number of hydrogen-bond acceptors (Lipinski definition) is 5. The Morgan fingerprint density at radius 3 is 2.84 bits per heavy atom. The molecule has 196 valence electrons. The average Bonchev–Trinajstić information content (AvgIpc) is 3.46. The van der Waals surface area contributed by atoms with Crippen LogP contribution in [0, 0.1) is 12.8 Å². The van der Waals surface area contributed by atoms with Crippen LogP contribution in [0.4, 0.5) is 0 Å². The van der Waals surface area contributed by atoms with E-state index < -0.39 is 0 Å². The van der Waals surface area contributed by atoms with Crippen LogP contribution in [-0.2, 0) is 4.79 Å². The molecule has 1 saturated heterocycles. The largest absolute Gasteiger partial charge is 0.370 e. The number of aromatic nitrogens is 4. The first-order chi connectivity index (χ1) is 17.7. The Morgan fingerprint density at radius 1 is 1.30 bits per heavy atom. The molecule has 0 radical (unpaired) electrons. The van der Waals surface area contributed by atoms with Crippen molar-refractivity contribution in [2.24, 2.45) is 11.7 Å². The number of rotatable bonds is 7. The fraction of sp³-hybridized carbons (Fsp3) is 0.500. The smallest absolute Gasteiger partial charge is 0.217 e.